The summed E-state index contributed by atoms with van der Waals surface area (Å²) < 4.78 is 6.60. The van der Waals surface area contributed by atoms with E-state index in [4.69, 9.17) is 9.84 Å². The number of carboxylic acids is 1. The fraction of sp³-hybridized carbons (Fsp3) is 0.474. The zero-order chi connectivity index (χ0) is 17.8. The smallest absolute Gasteiger partial charge is 0.305 e. The Morgan fingerprint density at radius 3 is 2.92 bits per heavy atom. The summed E-state index contributed by atoms with van der Waals surface area (Å²) in [5.41, 5.74) is 1.28. The first-order valence-corrected chi connectivity index (χ1v) is 9.45. The number of benzene rings is 1. The lowest BCUT2D eigenvalue weighted by Crippen LogP contribution is -2.37. The fourth-order valence-electron chi connectivity index (χ4n) is 3.55. The zero-order valence-corrected chi connectivity index (χ0v) is 15.1. The van der Waals surface area contributed by atoms with Crippen LogP contribution in [0.3, 0.4) is 0 Å². The van der Waals surface area contributed by atoms with Gasteiger partial charge >= 0.3 is 5.97 Å². The third kappa shape index (κ3) is 4.19. The van der Waals surface area contributed by atoms with Gasteiger partial charge in [-0.25, -0.2) is 0 Å². The van der Waals surface area contributed by atoms with Crippen molar-refractivity contribution in [3.63, 3.8) is 0 Å². The number of thiophene rings is 1. The van der Waals surface area contributed by atoms with E-state index in [1.54, 1.807) is 23.3 Å². The van der Waals surface area contributed by atoms with Gasteiger partial charge in [-0.05, 0) is 41.7 Å². The van der Waals surface area contributed by atoms with Gasteiger partial charge in [0.1, 0.15) is 0 Å². The van der Waals surface area contributed by atoms with Gasteiger partial charge in [-0.15, -0.1) is 11.3 Å². The number of carboxylic acid groups (broad SMARTS) is 1. The highest BCUT2D eigenvalue weighted by molar-refractivity contribution is 7.17. The van der Waals surface area contributed by atoms with Crippen LogP contribution in [0.5, 0.6) is 0 Å². The zero-order valence-electron chi connectivity index (χ0n) is 14.3. The monoisotopic (exact) mass is 361 g/mol. The maximum absolute atomic E-state index is 12.6. The maximum Gasteiger partial charge on any atom is 0.305 e. The Morgan fingerprint density at radius 1 is 1.36 bits per heavy atom. The van der Waals surface area contributed by atoms with Crippen molar-refractivity contribution < 1.29 is 19.4 Å². The topological polar surface area (TPSA) is 66.8 Å². The highest BCUT2D eigenvalue weighted by atomic mass is 32.1. The molecule has 6 heteroatoms. The van der Waals surface area contributed by atoms with Crippen molar-refractivity contribution in [1.29, 1.82) is 0 Å². The van der Waals surface area contributed by atoms with Crippen LogP contribution in [-0.4, -0.2) is 47.7 Å². The van der Waals surface area contributed by atoms with Crippen LogP contribution in [0.1, 0.15) is 31.2 Å². The summed E-state index contributed by atoms with van der Waals surface area (Å²) in [7, 11) is 1.61. The van der Waals surface area contributed by atoms with Gasteiger partial charge in [0.25, 0.3) is 0 Å². The van der Waals surface area contributed by atoms with Crippen molar-refractivity contribution in [3.05, 3.63) is 35.2 Å². The van der Waals surface area contributed by atoms with Crippen LogP contribution >= 0.6 is 11.3 Å². The molecule has 134 valence electrons. The molecule has 3 rings (SSSR count). The number of hydrogen-bond donors (Lipinski definition) is 1. The van der Waals surface area contributed by atoms with Crippen LogP contribution in [0, 0.1) is 0 Å². The van der Waals surface area contributed by atoms with Crippen LogP contribution in [0.4, 0.5) is 0 Å². The molecule has 1 saturated heterocycles. The van der Waals surface area contributed by atoms with E-state index >= 15 is 0 Å². The molecule has 0 radical (unpaired) electrons. The van der Waals surface area contributed by atoms with Crippen molar-refractivity contribution in [2.24, 2.45) is 0 Å². The molecule has 25 heavy (non-hydrogen) atoms. The number of aryl methyl sites for hydroxylation is 1. The average molecular weight is 361 g/mol. The summed E-state index contributed by atoms with van der Waals surface area (Å²) in [5.74, 6) is -0.838. The maximum atomic E-state index is 12.6. The lowest BCUT2D eigenvalue weighted by molar-refractivity contribution is -0.139. The average Bonchev–Trinajstić information content (AvgIpc) is 3.18. The molecule has 2 atom stereocenters. The second-order valence-electron chi connectivity index (χ2n) is 6.50. The van der Waals surface area contributed by atoms with E-state index in [1.165, 1.54) is 15.6 Å². The molecule has 1 aliphatic rings. The fourth-order valence-corrected chi connectivity index (χ4v) is 4.54. The van der Waals surface area contributed by atoms with Gasteiger partial charge in [-0.3, -0.25) is 9.59 Å². The van der Waals surface area contributed by atoms with Crippen LogP contribution in [0.25, 0.3) is 10.1 Å². The van der Waals surface area contributed by atoms with Gasteiger partial charge in [0.15, 0.2) is 0 Å². The molecule has 5 nitrogen and oxygen atoms in total. The third-order valence-electron chi connectivity index (χ3n) is 4.84. The molecule has 1 aliphatic heterocycles. The Bertz CT molecular complexity index is 757. The third-order valence-corrected chi connectivity index (χ3v) is 5.85. The van der Waals surface area contributed by atoms with E-state index in [-0.39, 0.29) is 24.5 Å². The number of carbonyl (C=O) groups is 2. The normalized spacial score (nSPS) is 20.3. The number of ether oxygens (including phenoxy) is 1. The van der Waals surface area contributed by atoms with Crippen LogP contribution in [0.15, 0.2) is 29.6 Å². The van der Waals surface area contributed by atoms with Crippen molar-refractivity contribution in [3.8, 4) is 0 Å². The molecule has 0 spiro atoms. The number of amides is 1. The predicted molar refractivity (Wildman–Crippen MR) is 97.9 cm³/mol. The van der Waals surface area contributed by atoms with Crippen LogP contribution < -0.4 is 0 Å². The molecular weight excluding hydrogens is 338 g/mol. The molecule has 0 bridgehead atoms. The Balaban J connectivity index is 1.57. The largest absolute Gasteiger partial charge is 0.481 e. The van der Waals surface area contributed by atoms with Gasteiger partial charge in [0.2, 0.25) is 5.91 Å². The molecule has 0 saturated carbocycles. The van der Waals surface area contributed by atoms with Gasteiger partial charge in [0.05, 0.1) is 12.5 Å². The first kappa shape index (κ1) is 17.9. The van der Waals surface area contributed by atoms with Crippen molar-refractivity contribution >= 4 is 33.3 Å². The molecule has 1 aromatic heterocycles. The molecule has 2 unspecified atom stereocenters. The molecule has 2 aromatic rings. The second kappa shape index (κ2) is 7.97. The number of rotatable bonds is 7. The SMILES string of the molecule is COC1CC(CC(=O)O)N(C(=O)CCCc2csc3ccccc23)C1. The minimum Gasteiger partial charge on any atom is -0.481 e. The number of nitrogens with zero attached hydrogens (tertiary/aromatic N) is 1. The van der Waals surface area contributed by atoms with E-state index in [2.05, 4.69) is 17.5 Å². The lowest BCUT2D eigenvalue weighted by Gasteiger charge is -2.23. The number of hydrogen-bond acceptors (Lipinski definition) is 4. The van der Waals surface area contributed by atoms with E-state index in [0.717, 1.165) is 12.8 Å². The minimum absolute atomic E-state index is 0.0131. The highest BCUT2D eigenvalue weighted by Gasteiger charge is 2.36. The molecule has 1 N–H and O–H groups in total. The number of aliphatic carboxylic acids is 1. The first-order valence-electron chi connectivity index (χ1n) is 8.57. The number of likely N-dealkylation sites (tertiary alicyclic amines) is 1. The van der Waals surface area contributed by atoms with Crippen molar-refractivity contribution in [2.45, 2.75) is 44.2 Å². The van der Waals surface area contributed by atoms with Crippen LogP contribution in [0.2, 0.25) is 0 Å². The van der Waals surface area contributed by atoms with E-state index in [0.29, 0.717) is 19.4 Å². The molecular formula is C19H23NO4S. The van der Waals surface area contributed by atoms with Crippen LogP contribution in [-0.2, 0) is 20.7 Å². The van der Waals surface area contributed by atoms with E-state index in [1.807, 2.05) is 12.1 Å². The highest BCUT2D eigenvalue weighted by Crippen LogP contribution is 2.28. The Morgan fingerprint density at radius 2 is 2.16 bits per heavy atom. The molecule has 2 heterocycles. The lowest BCUT2D eigenvalue weighted by atomic mass is 10.1. The Labute approximate surface area is 151 Å². The Hall–Kier alpha value is -1.92. The van der Waals surface area contributed by atoms with Crippen molar-refractivity contribution in [1.82, 2.24) is 4.90 Å². The summed E-state index contributed by atoms with van der Waals surface area (Å²) in [6.45, 7) is 0.495. The Kier molecular flexibility index (Phi) is 5.71. The summed E-state index contributed by atoms with van der Waals surface area (Å²) in [4.78, 5) is 25.3. The van der Waals surface area contributed by atoms with Gasteiger partial charge < -0.3 is 14.7 Å². The summed E-state index contributed by atoms with van der Waals surface area (Å²) in [5, 5.41) is 12.5. The van der Waals surface area contributed by atoms with E-state index < -0.39 is 5.97 Å². The molecule has 1 amide bonds. The van der Waals surface area contributed by atoms with E-state index in [9.17, 15) is 9.59 Å². The first-order chi connectivity index (χ1) is 12.1. The van der Waals surface area contributed by atoms with Gasteiger partial charge in [-0.1, -0.05) is 18.2 Å². The standard InChI is InChI=1S/C19H23NO4S/c1-24-15-9-14(10-19(22)23)20(11-15)18(21)8-4-5-13-12-25-17-7-3-2-6-16(13)17/h2-3,6-7,12,14-15H,4-5,8-11H2,1H3,(H,22,23). The number of fused-ring (bicyclic) bond motifs is 1. The summed E-state index contributed by atoms with van der Waals surface area (Å²) in [6.07, 6.45) is 2.60. The quantitative estimate of drug-likeness (QED) is 0.821. The second-order valence-corrected chi connectivity index (χ2v) is 7.41. The number of carbonyl (C=O) groups excluding carboxylic acids is 1. The molecule has 0 aliphatic carbocycles. The van der Waals surface area contributed by atoms with Gasteiger partial charge in [-0.2, -0.15) is 0 Å². The minimum atomic E-state index is -0.871. The number of methoxy groups -OCH3 is 1. The molecule has 1 fully saturated rings. The predicted octanol–water partition coefficient (Wildman–Crippen LogP) is 3.31. The van der Waals surface area contributed by atoms with Crippen molar-refractivity contribution in [2.75, 3.05) is 13.7 Å². The molecule has 1 aromatic carbocycles. The summed E-state index contributed by atoms with van der Waals surface area (Å²) in [6, 6.07) is 8.05. The van der Waals surface area contributed by atoms with Gasteiger partial charge in [0, 0.05) is 30.8 Å². The summed E-state index contributed by atoms with van der Waals surface area (Å²) >= 11 is 1.73.